The van der Waals surface area contributed by atoms with Crippen LogP contribution in [0, 0.1) is 0 Å². The van der Waals surface area contributed by atoms with Crippen LogP contribution < -0.4 is 5.32 Å². The van der Waals surface area contributed by atoms with E-state index in [9.17, 15) is 13.2 Å². The Labute approximate surface area is 185 Å². The Balaban J connectivity index is 1.67. The molecule has 1 unspecified atom stereocenters. The SMILES string of the molecule is CC(C)(C)OC(=O)c1cccc(NC2(c3nnc(-c4ccncn4)[nH]3)CCS(=O)(=O)C2)c1. The monoisotopic (exact) mass is 456 g/mol. The summed E-state index contributed by atoms with van der Waals surface area (Å²) < 4.78 is 30.3. The number of hydrogen-bond donors (Lipinski definition) is 2. The van der Waals surface area contributed by atoms with Gasteiger partial charge in [0.15, 0.2) is 21.5 Å². The third-order valence-corrected chi connectivity index (χ3v) is 6.71. The number of carbonyl (C=O) groups excluding carboxylic acids is 1. The average molecular weight is 457 g/mol. The highest BCUT2D eigenvalue weighted by Crippen LogP contribution is 2.36. The van der Waals surface area contributed by atoms with Crippen LogP contribution in [0.15, 0.2) is 42.9 Å². The van der Waals surface area contributed by atoms with Crippen molar-refractivity contribution in [2.24, 2.45) is 0 Å². The number of carbonyl (C=O) groups is 1. The fourth-order valence-electron chi connectivity index (χ4n) is 3.55. The van der Waals surface area contributed by atoms with Crippen molar-refractivity contribution in [2.75, 3.05) is 16.8 Å². The number of ether oxygens (including phenoxy) is 1. The van der Waals surface area contributed by atoms with Crippen molar-refractivity contribution >= 4 is 21.5 Å². The van der Waals surface area contributed by atoms with Gasteiger partial charge in [-0.05, 0) is 51.5 Å². The van der Waals surface area contributed by atoms with Gasteiger partial charge < -0.3 is 15.0 Å². The summed E-state index contributed by atoms with van der Waals surface area (Å²) in [6.45, 7) is 5.39. The number of benzene rings is 1. The first-order valence-electron chi connectivity index (χ1n) is 10.1. The maximum atomic E-state index is 12.5. The molecule has 0 radical (unpaired) electrons. The summed E-state index contributed by atoms with van der Waals surface area (Å²) in [6.07, 6.45) is 3.28. The zero-order valence-electron chi connectivity index (χ0n) is 18.0. The third-order valence-electron chi connectivity index (χ3n) is 4.95. The van der Waals surface area contributed by atoms with Crippen molar-refractivity contribution in [1.82, 2.24) is 25.1 Å². The number of rotatable bonds is 5. The number of sulfone groups is 1. The van der Waals surface area contributed by atoms with E-state index in [0.717, 1.165) is 0 Å². The van der Waals surface area contributed by atoms with E-state index < -0.39 is 26.9 Å². The second-order valence-electron chi connectivity index (χ2n) is 8.75. The first-order valence-corrected chi connectivity index (χ1v) is 11.9. The van der Waals surface area contributed by atoms with Gasteiger partial charge in [0.1, 0.15) is 23.2 Å². The third kappa shape index (κ3) is 4.77. The summed E-state index contributed by atoms with van der Waals surface area (Å²) in [6, 6.07) is 8.45. The van der Waals surface area contributed by atoms with Gasteiger partial charge in [-0.25, -0.2) is 23.2 Å². The van der Waals surface area contributed by atoms with Crippen molar-refractivity contribution in [1.29, 1.82) is 0 Å². The summed E-state index contributed by atoms with van der Waals surface area (Å²) in [5.41, 5.74) is -0.172. The molecule has 0 spiro atoms. The van der Waals surface area contributed by atoms with E-state index >= 15 is 0 Å². The van der Waals surface area contributed by atoms with Gasteiger partial charge in [-0.15, -0.1) is 10.2 Å². The van der Waals surface area contributed by atoms with Crippen molar-refractivity contribution in [3.8, 4) is 11.5 Å². The lowest BCUT2D eigenvalue weighted by molar-refractivity contribution is 0.00695. The minimum Gasteiger partial charge on any atom is -0.456 e. The van der Waals surface area contributed by atoms with Gasteiger partial charge in [0, 0.05) is 11.9 Å². The maximum absolute atomic E-state index is 12.5. The Morgan fingerprint density at radius 2 is 2.03 bits per heavy atom. The normalized spacial score (nSPS) is 20.1. The van der Waals surface area contributed by atoms with Gasteiger partial charge >= 0.3 is 5.97 Å². The summed E-state index contributed by atoms with van der Waals surface area (Å²) in [7, 11) is -3.30. The highest BCUT2D eigenvalue weighted by atomic mass is 32.2. The molecule has 1 aliphatic rings. The van der Waals surface area contributed by atoms with Crippen LogP contribution in [0.4, 0.5) is 5.69 Å². The van der Waals surface area contributed by atoms with Crippen LogP contribution in [0.5, 0.6) is 0 Å². The lowest BCUT2D eigenvalue weighted by Gasteiger charge is -2.28. The number of aromatic amines is 1. The Hall–Kier alpha value is -3.34. The van der Waals surface area contributed by atoms with Crippen molar-refractivity contribution < 1.29 is 17.9 Å². The van der Waals surface area contributed by atoms with Gasteiger partial charge in [0.25, 0.3) is 0 Å². The fourth-order valence-corrected chi connectivity index (χ4v) is 5.46. The Bertz CT molecular complexity index is 1240. The van der Waals surface area contributed by atoms with Gasteiger partial charge in [-0.2, -0.15) is 0 Å². The van der Waals surface area contributed by atoms with E-state index in [1.807, 2.05) is 0 Å². The van der Waals surface area contributed by atoms with Gasteiger partial charge in [-0.1, -0.05) is 6.07 Å². The molecule has 2 N–H and O–H groups in total. The standard InChI is InChI=1S/C21H24N6O4S/c1-20(2,3)31-18(28)14-5-4-6-15(11-14)25-21(8-10-32(29,30)12-21)19-24-17(26-27-19)16-7-9-22-13-23-16/h4-7,9,11,13,25H,8,10,12H2,1-3H3,(H,24,26,27). The molecule has 32 heavy (non-hydrogen) atoms. The second kappa shape index (κ2) is 7.97. The van der Waals surface area contributed by atoms with Crippen molar-refractivity contribution in [3.63, 3.8) is 0 Å². The first-order chi connectivity index (χ1) is 15.1. The first kappa shape index (κ1) is 21.9. The average Bonchev–Trinajstić information content (AvgIpc) is 3.33. The van der Waals surface area contributed by atoms with Crippen molar-refractivity contribution in [3.05, 3.63) is 54.2 Å². The van der Waals surface area contributed by atoms with Crippen molar-refractivity contribution in [2.45, 2.75) is 38.3 Å². The number of H-pyrrole nitrogens is 1. The molecule has 2 aromatic heterocycles. The van der Waals surface area contributed by atoms with E-state index in [1.165, 1.54) is 6.33 Å². The lowest BCUT2D eigenvalue weighted by Crippen LogP contribution is -2.38. The molecule has 1 fully saturated rings. The molecule has 1 aromatic carbocycles. The molecular formula is C21H24N6O4S. The fraction of sp³-hybridized carbons (Fsp3) is 0.381. The number of aromatic nitrogens is 5. The largest absolute Gasteiger partial charge is 0.456 e. The number of anilines is 1. The molecule has 0 amide bonds. The summed E-state index contributed by atoms with van der Waals surface area (Å²) >= 11 is 0. The highest BCUT2D eigenvalue weighted by Gasteiger charge is 2.46. The minimum absolute atomic E-state index is 0.00922. The molecule has 11 heteroatoms. The predicted molar refractivity (Wildman–Crippen MR) is 118 cm³/mol. The lowest BCUT2D eigenvalue weighted by atomic mass is 9.97. The van der Waals surface area contributed by atoms with Crippen LogP contribution in [0.3, 0.4) is 0 Å². The van der Waals surface area contributed by atoms with E-state index in [4.69, 9.17) is 4.74 Å². The van der Waals surface area contributed by atoms with Gasteiger partial charge in [0.2, 0.25) is 0 Å². The Morgan fingerprint density at radius 1 is 1.22 bits per heavy atom. The van der Waals surface area contributed by atoms with Crippen LogP contribution in [0.25, 0.3) is 11.5 Å². The second-order valence-corrected chi connectivity index (χ2v) is 10.9. The molecule has 0 aliphatic carbocycles. The quantitative estimate of drug-likeness (QED) is 0.554. The van der Waals surface area contributed by atoms with Gasteiger partial charge in [0.05, 0.1) is 17.1 Å². The number of nitrogens with zero attached hydrogens (tertiary/aromatic N) is 4. The summed E-state index contributed by atoms with van der Waals surface area (Å²) in [5, 5.41) is 11.7. The topological polar surface area (TPSA) is 140 Å². The van der Waals surface area contributed by atoms with E-state index in [0.29, 0.717) is 35.0 Å². The highest BCUT2D eigenvalue weighted by molar-refractivity contribution is 7.91. The summed E-state index contributed by atoms with van der Waals surface area (Å²) in [5.74, 6) is 0.190. The molecule has 3 aromatic rings. The van der Waals surface area contributed by atoms with Crippen LogP contribution in [-0.4, -0.2) is 56.6 Å². The number of esters is 1. The number of hydrogen-bond acceptors (Lipinski definition) is 9. The Morgan fingerprint density at radius 3 is 2.69 bits per heavy atom. The van der Waals surface area contributed by atoms with Crippen LogP contribution >= 0.6 is 0 Å². The van der Waals surface area contributed by atoms with E-state index in [2.05, 4.69) is 30.5 Å². The van der Waals surface area contributed by atoms with Crippen LogP contribution in [-0.2, 0) is 20.1 Å². The zero-order chi connectivity index (χ0) is 23.0. The zero-order valence-corrected chi connectivity index (χ0v) is 18.8. The molecule has 1 saturated heterocycles. The maximum Gasteiger partial charge on any atom is 0.338 e. The van der Waals surface area contributed by atoms with Crippen LogP contribution in [0.1, 0.15) is 43.4 Å². The molecule has 3 heterocycles. The van der Waals surface area contributed by atoms with E-state index in [1.54, 1.807) is 57.3 Å². The smallest absolute Gasteiger partial charge is 0.338 e. The van der Waals surface area contributed by atoms with Gasteiger partial charge in [-0.3, -0.25) is 0 Å². The molecule has 168 valence electrons. The molecule has 4 rings (SSSR count). The Kier molecular flexibility index (Phi) is 5.45. The summed E-state index contributed by atoms with van der Waals surface area (Å²) in [4.78, 5) is 23.6. The molecule has 1 aliphatic heterocycles. The van der Waals surface area contributed by atoms with Crippen LogP contribution in [0.2, 0.25) is 0 Å². The minimum atomic E-state index is -3.30. The molecule has 10 nitrogen and oxygen atoms in total. The number of nitrogens with one attached hydrogen (secondary N) is 2. The molecule has 0 bridgehead atoms. The predicted octanol–water partition coefficient (Wildman–Crippen LogP) is 2.34. The molecular weight excluding hydrogens is 432 g/mol. The molecule has 0 saturated carbocycles. The molecule has 1 atom stereocenters. The van der Waals surface area contributed by atoms with E-state index in [-0.39, 0.29) is 11.5 Å².